The van der Waals surface area contributed by atoms with Crippen LogP contribution >= 0.6 is 24.0 Å². The van der Waals surface area contributed by atoms with Gasteiger partial charge in [0, 0.05) is 39.3 Å². The van der Waals surface area contributed by atoms with Crippen molar-refractivity contribution in [2.75, 3.05) is 59.5 Å². The van der Waals surface area contributed by atoms with Crippen molar-refractivity contribution in [2.24, 2.45) is 16.8 Å². The van der Waals surface area contributed by atoms with E-state index in [-0.39, 0.29) is 24.0 Å². The highest BCUT2D eigenvalue weighted by atomic mass is 127. The predicted octanol–water partition coefficient (Wildman–Crippen LogP) is 2.64. The molecule has 0 amide bonds. The molecule has 1 aromatic heterocycles. The molecule has 0 saturated carbocycles. The monoisotopic (exact) mass is 562 g/mol. The van der Waals surface area contributed by atoms with Crippen LogP contribution in [0.3, 0.4) is 0 Å². The minimum atomic E-state index is 0. The third-order valence-corrected chi connectivity index (χ3v) is 6.68. The molecule has 9 heteroatoms. The Labute approximate surface area is 211 Å². The van der Waals surface area contributed by atoms with Crippen LogP contribution < -0.4 is 10.6 Å². The van der Waals surface area contributed by atoms with Gasteiger partial charge in [-0.25, -0.2) is 4.98 Å². The number of hydrogen-bond acceptors (Lipinski definition) is 6. The number of nitrogens with zero attached hydrogens (tertiary/aromatic N) is 4. The molecule has 0 spiro atoms. The summed E-state index contributed by atoms with van der Waals surface area (Å²) < 4.78 is 11.3. The molecule has 2 saturated heterocycles. The van der Waals surface area contributed by atoms with Crippen molar-refractivity contribution in [3.63, 3.8) is 0 Å². The number of nitrogens with one attached hydrogen (secondary N) is 2. The van der Waals surface area contributed by atoms with Crippen LogP contribution in [0.4, 0.5) is 0 Å². The Kier molecular flexibility index (Phi) is 11.7. The molecule has 3 heterocycles. The van der Waals surface area contributed by atoms with E-state index in [0.29, 0.717) is 17.9 Å². The Hall–Kier alpha value is -0.910. The van der Waals surface area contributed by atoms with Gasteiger partial charge < -0.3 is 19.8 Å². The normalized spacial score (nSPS) is 20.2. The van der Waals surface area contributed by atoms with E-state index in [9.17, 15) is 0 Å². The fourth-order valence-corrected chi connectivity index (χ4v) is 4.51. The average molecular weight is 563 g/mol. The molecule has 0 radical (unpaired) electrons. The minimum absolute atomic E-state index is 0. The Bertz CT molecular complexity index is 677. The van der Waals surface area contributed by atoms with Gasteiger partial charge in [-0.05, 0) is 51.6 Å². The topological polar surface area (TPSA) is 78.2 Å². The molecule has 2 fully saturated rings. The van der Waals surface area contributed by atoms with Gasteiger partial charge >= 0.3 is 0 Å². The molecule has 2 N–H and O–H groups in total. The third-order valence-electron chi connectivity index (χ3n) is 6.68. The van der Waals surface area contributed by atoms with Gasteiger partial charge in [0.1, 0.15) is 5.76 Å². The van der Waals surface area contributed by atoms with Crippen molar-refractivity contribution in [2.45, 2.75) is 53.1 Å². The number of rotatable bonds is 8. The fraction of sp³-hybridized carbons (Fsp3) is 0.826. The summed E-state index contributed by atoms with van der Waals surface area (Å²) in [5.41, 5.74) is 1.00. The first-order valence-corrected chi connectivity index (χ1v) is 11.9. The summed E-state index contributed by atoms with van der Waals surface area (Å²) >= 11 is 0. The molecule has 2 aliphatic rings. The third kappa shape index (κ3) is 8.14. The molecule has 0 aliphatic carbocycles. The first kappa shape index (κ1) is 27.3. The van der Waals surface area contributed by atoms with Gasteiger partial charge in [0.15, 0.2) is 5.96 Å². The van der Waals surface area contributed by atoms with Gasteiger partial charge in [0.25, 0.3) is 0 Å². The van der Waals surface area contributed by atoms with Crippen LogP contribution in [-0.2, 0) is 11.3 Å². The number of aliphatic imine (C=N–C) groups is 1. The summed E-state index contributed by atoms with van der Waals surface area (Å²) in [6.45, 7) is 17.2. The van der Waals surface area contributed by atoms with Crippen molar-refractivity contribution >= 4 is 29.9 Å². The van der Waals surface area contributed by atoms with E-state index in [1.807, 2.05) is 20.9 Å². The van der Waals surface area contributed by atoms with Crippen LogP contribution in [0.2, 0.25) is 0 Å². The van der Waals surface area contributed by atoms with Crippen LogP contribution in [0.1, 0.15) is 44.0 Å². The van der Waals surface area contributed by atoms with Crippen LogP contribution in [0.25, 0.3) is 0 Å². The van der Waals surface area contributed by atoms with Gasteiger partial charge in [0.05, 0.1) is 25.5 Å². The summed E-state index contributed by atoms with van der Waals surface area (Å²) in [6.07, 6.45) is 2.37. The average Bonchev–Trinajstić information content (AvgIpc) is 3.08. The Morgan fingerprint density at radius 3 is 2.38 bits per heavy atom. The van der Waals surface area contributed by atoms with Crippen molar-refractivity contribution in [3.05, 3.63) is 17.3 Å². The molecule has 1 aromatic rings. The number of guanidine groups is 1. The number of morpholine rings is 1. The lowest BCUT2D eigenvalue weighted by molar-refractivity contribution is 0.00752. The zero-order valence-electron chi connectivity index (χ0n) is 20.5. The van der Waals surface area contributed by atoms with E-state index in [2.05, 4.69) is 44.3 Å². The maximum atomic E-state index is 5.74. The first-order chi connectivity index (χ1) is 15.0. The van der Waals surface area contributed by atoms with Gasteiger partial charge in [-0.3, -0.25) is 14.8 Å². The number of likely N-dealkylation sites (tertiary alicyclic amines) is 1. The second kappa shape index (κ2) is 13.7. The molecule has 32 heavy (non-hydrogen) atoms. The van der Waals surface area contributed by atoms with Crippen LogP contribution in [0.5, 0.6) is 0 Å². The van der Waals surface area contributed by atoms with Gasteiger partial charge in [-0.2, -0.15) is 0 Å². The minimum Gasteiger partial charge on any atom is -0.444 e. The second-order valence-corrected chi connectivity index (χ2v) is 9.26. The van der Waals surface area contributed by atoms with Crippen molar-refractivity contribution < 1.29 is 9.15 Å². The maximum absolute atomic E-state index is 5.74. The van der Waals surface area contributed by atoms with E-state index in [1.54, 1.807) is 0 Å². The number of hydrogen-bond donors (Lipinski definition) is 2. The smallest absolute Gasteiger partial charge is 0.208 e. The molecule has 3 rings (SSSR count). The summed E-state index contributed by atoms with van der Waals surface area (Å²) in [7, 11) is 1.86. The summed E-state index contributed by atoms with van der Waals surface area (Å²) in [5.74, 6) is 3.94. The van der Waals surface area contributed by atoms with E-state index in [4.69, 9.17) is 9.15 Å². The number of piperidine rings is 1. The van der Waals surface area contributed by atoms with E-state index in [0.717, 1.165) is 82.3 Å². The van der Waals surface area contributed by atoms with Gasteiger partial charge in [-0.1, -0.05) is 13.8 Å². The number of aryl methyl sites for hydroxylation is 2. The number of oxazole rings is 1. The Balaban J connectivity index is 0.00000363. The fourth-order valence-electron chi connectivity index (χ4n) is 4.51. The number of aromatic nitrogens is 1. The quantitative estimate of drug-likeness (QED) is 0.287. The van der Waals surface area contributed by atoms with Crippen molar-refractivity contribution in [3.8, 4) is 0 Å². The lowest BCUT2D eigenvalue weighted by atomic mass is 9.97. The zero-order chi connectivity index (χ0) is 22.2. The maximum Gasteiger partial charge on any atom is 0.208 e. The molecule has 8 nitrogen and oxygen atoms in total. The Morgan fingerprint density at radius 2 is 1.81 bits per heavy atom. The van der Waals surface area contributed by atoms with Gasteiger partial charge in [0.2, 0.25) is 5.89 Å². The Morgan fingerprint density at radius 1 is 1.12 bits per heavy atom. The molecule has 0 aromatic carbocycles. The van der Waals surface area contributed by atoms with Crippen LogP contribution in [0.15, 0.2) is 9.41 Å². The standard InChI is InChI=1S/C23H42N6O2.HI/c1-17(2)21(29-10-12-30-13-11-29)15-26-23(24-5)25-14-20-6-8-28(9-7-20)16-22-27-18(3)19(4)31-22;/h17,20-21H,6-16H2,1-5H3,(H2,24,25,26);1H. The predicted molar refractivity (Wildman–Crippen MR) is 140 cm³/mol. The highest BCUT2D eigenvalue weighted by Crippen LogP contribution is 2.19. The van der Waals surface area contributed by atoms with E-state index >= 15 is 0 Å². The molecule has 1 atom stereocenters. The molecule has 184 valence electrons. The lowest BCUT2D eigenvalue weighted by Gasteiger charge is -2.37. The largest absolute Gasteiger partial charge is 0.444 e. The SMILES string of the molecule is CN=C(NCC1CCN(Cc2nc(C)c(C)o2)CC1)NCC(C(C)C)N1CCOCC1.I. The van der Waals surface area contributed by atoms with Crippen LogP contribution in [-0.4, -0.2) is 86.3 Å². The molecular weight excluding hydrogens is 519 g/mol. The summed E-state index contributed by atoms with van der Waals surface area (Å²) in [4.78, 5) is 14.0. The number of halogens is 1. The number of ether oxygens (including phenoxy) is 1. The molecule has 0 bridgehead atoms. The van der Waals surface area contributed by atoms with Crippen LogP contribution in [0, 0.1) is 25.7 Å². The highest BCUT2D eigenvalue weighted by molar-refractivity contribution is 14.0. The van der Waals surface area contributed by atoms with Crippen molar-refractivity contribution in [1.82, 2.24) is 25.4 Å². The summed E-state index contributed by atoms with van der Waals surface area (Å²) in [6, 6.07) is 0.494. The molecule has 2 aliphatic heterocycles. The highest BCUT2D eigenvalue weighted by Gasteiger charge is 2.24. The second-order valence-electron chi connectivity index (χ2n) is 9.26. The zero-order valence-corrected chi connectivity index (χ0v) is 22.9. The molecular formula is C23H43IN6O2. The first-order valence-electron chi connectivity index (χ1n) is 11.9. The van der Waals surface area contributed by atoms with Gasteiger partial charge in [-0.15, -0.1) is 24.0 Å². The van der Waals surface area contributed by atoms with Crippen molar-refractivity contribution in [1.29, 1.82) is 0 Å². The lowest BCUT2D eigenvalue weighted by Crippen LogP contribution is -2.53. The summed E-state index contributed by atoms with van der Waals surface area (Å²) in [5, 5.41) is 7.12. The van der Waals surface area contributed by atoms with E-state index in [1.165, 1.54) is 12.8 Å². The van der Waals surface area contributed by atoms with E-state index < -0.39 is 0 Å². The molecule has 1 unspecified atom stereocenters.